The molecular weight excluding hydrogens is 238 g/mol. The molecule has 0 spiro atoms. The number of rotatable bonds is 3. The van der Waals surface area contributed by atoms with Crippen molar-refractivity contribution in [3.05, 3.63) is 33.7 Å². The maximum atomic E-state index is 12.6. The first-order valence-electron chi connectivity index (χ1n) is 7.28. The van der Waals surface area contributed by atoms with Gasteiger partial charge in [-0.05, 0) is 37.8 Å². The lowest BCUT2D eigenvalue weighted by molar-refractivity contribution is 0.101. The summed E-state index contributed by atoms with van der Waals surface area (Å²) in [6.45, 7) is 5.67. The van der Waals surface area contributed by atoms with Gasteiger partial charge in [0.1, 0.15) is 0 Å². The minimum atomic E-state index is -0.134. The zero-order valence-electron chi connectivity index (χ0n) is 12.1. The molecule has 1 aromatic rings. The molecule has 0 N–H and O–H groups in total. The molecule has 3 heteroatoms. The maximum absolute atomic E-state index is 12.6. The summed E-state index contributed by atoms with van der Waals surface area (Å²) in [5.41, 5.74) is 1.29. The molecule has 0 saturated heterocycles. The molecular formula is C16H23NO2. The Hall–Kier alpha value is -1.38. The Balaban J connectivity index is 2.56. The second-order valence-corrected chi connectivity index (χ2v) is 5.85. The number of hydrogen-bond acceptors (Lipinski definition) is 2. The molecule has 3 nitrogen and oxygen atoms in total. The Bertz CT molecular complexity index is 522. The third-order valence-electron chi connectivity index (χ3n) is 4.06. The summed E-state index contributed by atoms with van der Waals surface area (Å²) in [7, 11) is 0. The van der Waals surface area contributed by atoms with E-state index in [4.69, 9.17) is 0 Å². The Kier molecular flexibility index (Phi) is 4.23. The summed E-state index contributed by atoms with van der Waals surface area (Å²) in [6.07, 6.45) is 5.73. The number of ketones is 1. The van der Waals surface area contributed by atoms with Gasteiger partial charge < -0.3 is 4.57 Å². The number of carbonyl (C=O) groups is 1. The van der Waals surface area contributed by atoms with E-state index in [1.54, 1.807) is 6.07 Å². The highest BCUT2D eigenvalue weighted by atomic mass is 16.1. The predicted molar refractivity (Wildman–Crippen MR) is 76.9 cm³/mol. The van der Waals surface area contributed by atoms with E-state index in [2.05, 4.69) is 13.8 Å². The highest BCUT2D eigenvalue weighted by molar-refractivity contribution is 5.93. The van der Waals surface area contributed by atoms with E-state index < -0.39 is 0 Å². The van der Waals surface area contributed by atoms with Crippen LogP contribution in [0.4, 0.5) is 0 Å². The summed E-state index contributed by atoms with van der Waals surface area (Å²) in [5, 5.41) is 0. The van der Waals surface area contributed by atoms with Crippen LogP contribution in [0.5, 0.6) is 0 Å². The molecule has 1 aliphatic rings. The average molecular weight is 261 g/mol. The van der Waals surface area contributed by atoms with Crippen LogP contribution in [0, 0.1) is 0 Å². The van der Waals surface area contributed by atoms with Gasteiger partial charge in [-0.2, -0.15) is 0 Å². The first-order chi connectivity index (χ1) is 9.02. The summed E-state index contributed by atoms with van der Waals surface area (Å²) >= 11 is 0. The van der Waals surface area contributed by atoms with Gasteiger partial charge >= 0.3 is 0 Å². The lowest BCUT2D eigenvalue weighted by atomic mass is 9.93. The van der Waals surface area contributed by atoms with Crippen LogP contribution in [0.1, 0.15) is 80.9 Å². The van der Waals surface area contributed by atoms with Gasteiger partial charge in [-0.25, -0.2) is 0 Å². The summed E-state index contributed by atoms with van der Waals surface area (Å²) in [6, 6.07) is 3.93. The molecule has 0 bridgehead atoms. The normalized spacial score (nSPS) is 16.8. The van der Waals surface area contributed by atoms with Gasteiger partial charge in [0, 0.05) is 11.7 Å². The molecule has 0 unspecified atom stereocenters. The van der Waals surface area contributed by atoms with Gasteiger partial charge in [-0.15, -0.1) is 0 Å². The van der Waals surface area contributed by atoms with E-state index in [1.807, 2.05) is 10.6 Å². The minimum Gasteiger partial charge on any atom is -0.309 e. The molecule has 104 valence electrons. The zero-order chi connectivity index (χ0) is 14.0. The standard InChI is InChI=1S/C16H23NO2/c1-11(2)15-10-9-14(12(3)18)16(19)17(15)13-7-5-4-6-8-13/h9-11,13H,4-8H2,1-3H3. The van der Waals surface area contributed by atoms with Crippen molar-refractivity contribution in [3.63, 3.8) is 0 Å². The van der Waals surface area contributed by atoms with Crippen LogP contribution >= 0.6 is 0 Å². The predicted octanol–water partition coefficient (Wildman–Crippen LogP) is 3.68. The van der Waals surface area contributed by atoms with E-state index >= 15 is 0 Å². The number of carbonyl (C=O) groups excluding carboxylic acids is 1. The Labute approximate surface area is 114 Å². The fourth-order valence-corrected chi connectivity index (χ4v) is 3.02. The molecule has 2 rings (SSSR count). The van der Waals surface area contributed by atoms with Crippen LogP contribution in [0.15, 0.2) is 16.9 Å². The molecule has 1 saturated carbocycles. The minimum absolute atomic E-state index is 0.0920. The van der Waals surface area contributed by atoms with Gasteiger partial charge in [0.2, 0.25) is 0 Å². The van der Waals surface area contributed by atoms with Crippen molar-refractivity contribution in [2.24, 2.45) is 0 Å². The van der Waals surface area contributed by atoms with Crippen LogP contribution in [-0.4, -0.2) is 10.4 Å². The van der Waals surface area contributed by atoms with Crippen LogP contribution in [0.25, 0.3) is 0 Å². The van der Waals surface area contributed by atoms with Crippen molar-refractivity contribution in [1.82, 2.24) is 4.57 Å². The third kappa shape index (κ3) is 2.80. The van der Waals surface area contributed by atoms with Crippen molar-refractivity contribution in [2.75, 3.05) is 0 Å². The number of aromatic nitrogens is 1. The lowest BCUT2D eigenvalue weighted by Crippen LogP contribution is -2.32. The largest absolute Gasteiger partial charge is 0.309 e. The Morgan fingerprint density at radius 3 is 2.37 bits per heavy atom. The van der Waals surface area contributed by atoms with Crippen molar-refractivity contribution in [1.29, 1.82) is 0 Å². The van der Waals surface area contributed by atoms with E-state index in [-0.39, 0.29) is 17.4 Å². The van der Waals surface area contributed by atoms with Gasteiger partial charge in [-0.3, -0.25) is 9.59 Å². The number of pyridine rings is 1. The number of hydrogen-bond donors (Lipinski definition) is 0. The van der Waals surface area contributed by atoms with Crippen molar-refractivity contribution in [3.8, 4) is 0 Å². The second kappa shape index (κ2) is 5.72. The quantitative estimate of drug-likeness (QED) is 0.779. The fourth-order valence-electron chi connectivity index (χ4n) is 3.02. The smallest absolute Gasteiger partial charge is 0.261 e. The molecule has 0 aliphatic heterocycles. The van der Waals surface area contributed by atoms with Gasteiger partial charge in [0.25, 0.3) is 5.56 Å². The highest BCUT2D eigenvalue weighted by Gasteiger charge is 2.22. The molecule has 19 heavy (non-hydrogen) atoms. The summed E-state index contributed by atoms with van der Waals surface area (Å²) in [5.74, 6) is 0.167. The molecule has 1 aliphatic carbocycles. The average Bonchev–Trinajstić information content (AvgIpc) is 2.38. The summed E-state index contributed by atoms with van der Waals surface area (Å²) < 4.78 is 1.90. The highest BCUT2D eigenvalue weighted by Crippen LogP contribution is 2.29. The van der Waals surface area contributed by atoms with Gasteiger partial charge in [0.05, 0.1) is 5.56 Å². The van der Waals surface area contributed by atoms with E-state index in [0.717, 1.165) is 18.5 Å². The molecule has 1 fully saturated rings. The van der Waals surface area contributed by atoms with Crippen molar-refractivity contribution in [2.45, 2.75) is 64.8 Å². The van der Waals surface area contributed by atoms with Crippen LogP contribution in [0.2, 0.25) is 0 Å². The van der Waals surface area contributed by atoms with E-state index in [1.165, 1.54) is 26.2 Å². The van der Waals surface area contributed by atoms with Gasteiger partial charge in [-0.1, -0.05) is 33.1 Å². The Morgan fingerprint density at radius 1 is 1.21 bits per heavy atom. The molecule has 1 heterocycles. The van der Waals surface area contributed by atoms with Crippen molar-refractivity contribution < 1.29 is 4.79 Å². The molecule has 0 atom stereocenters. The van der Waals surface area contributed by atoms with Crippen LogP contribution in [-0.2, 0) is 0 Å². The van der Waals surface area contributed by atoms with Gasteiger partial charge in [0.15, 0.2) is 5.78 Å². The number of Topliss-reactive ketones (excluding diaryl/α,β-unsaturated/α-hetero) is 1. The fraction of sp³-hybridized carbons (Fsp3) is 0.625. The molecule has 0 amide bonds. The third-order valence-corrected chi connectivity index (χ3v) is 4.06. The first-order valence-corrected chi connectivity index (χ1v) is 7.28. The zero-order valence-corrected chi connectivity index (χ0v) is 12.1. The summed E-state index contributed by atoms with van der Waals surface area (Å²) in [4.78, 5) is 24.1. The number of nitrogens with zero attached hydrogens (tertiary/aromatic N) is 1. The second-order valence-electron chi connectivity index (χ2n) is 5.85. The monoisotopic (exact) mass is 261 g/mol. The van der Waals surface area contributed by atoms with Crippen LogP contribution in [0.3, 0.4) is 0 Å². The first kappa shape index (κ1) is 14.0. The van der Waals surface area contributed by atoms with Crippen molar-refractivity contribution >= 4 is 5.78 Å². The molecule has 0 aromatic carbocycles. The molecule has 0 radical (unpaired) electrons. The SMILES string of the molecule is CC(=O)c1ccc(C(C)C)n(C2CCCCC2)c1=O. The van der Waals surface area contributed by atoms with E-state index in [9.17, 15) is 9.59 Å². The van der Waals surface area contributed by atoms with Crippen LogP contribution < -0.4 is 5.56 Å². The maximum Gasteiger partial charge on any atom is 0.261 e. The lowest BCUT2D eigenvalue weighted by Gasteiger charge is -2.28. The topological polar surface area (TPSA) is 39.1 Å². The molecule has 1 aromatic heterocycles. The Morgan fingerprint density at radius 2 is 1.84 bits per heavy atom. The van der Waals surface area contributed by atoms with E-state index in [0.29, 0.717) is 11.5 Å².